The first-order valence-corrected chi connectivity index (χ1v) is 5.05. The van der Waals surface area contributed by atoms with Crippen LogP contribution in [-0.4, -0.2) is 12.6 Å². The van der Waals surface area contributed by atoms with Crippen molar-refractivity contribution in [3.63, 3.8) is 0 Å². The fourth-order valence-corrected chi connectivity index (χ4v) is 1.86. The van der Waals surface area contributed by atoms with Crippen LogP contribution in [0.3, 0.4) is 0 Å². The van der Waals surface area contributed by atoms with Gasteiger partial charge in [-0.2, -0.15) is 0 Å². The molecule has 0 saturated carbocycles. The molecule has 2 rings (SSSR count). The lowest BCUT2D eigenvalue weighted by Crippen LogP contribution is -2.44. The zero-order valence-corrected chi connectivity index (χ0v) is 9.66. The predicted molar refractivity (Wildman–Crippen MR) is 63.3 cm³/mol. The fraction of sp³-hybridized carbons (Fsp3) is 0.500. The molecule has 1 aromatic rings. The zero-order chi connectivity index (χ0) is 9.26. The van der Waals surface area contributed by atoms with Gasteiger partial charge in [-0.1, -0.05) is 23.8 Å². The van der Waals surface area contributed by atoms with Gasteiger partial charge in [-0.3, -0.25) is 0 Å². The highest BCUT2D eigenvalue weighted by Crippen LogP contribution is 2.15. The molecule has 2 heteroatoms. The van der Waals surface area contributed by atoms with Crippen molar-refractivity contribution < 1.29 is 0 Å². The van der Waals surface area contributed by atoms with Gasteiger partial charge in [-0.15, -0.1) is 12.4 Å². The second-order valence-electron chi connectivity index (χ2n) is 4.07. The van der Waals surface area contributed by atoms with E-state index in [0.29, 0.717) is 0 Å². The second kappa shape index (κ2) is 4.81. The summed E-state index contributed by atoms with van der Waals surface area (Å²) in [5.74, 6) is 0. The summed E-state index contributed by atoms with van der Waals surface area (Å²) in [4.78, 5) is 0. The SMILES string of the molecule is Cc1ccc(CC2CCN2)c(C)c1.Cl. The van der Waals surface area contributed by atoms with Gasteiger partial charge < -0.3 is 5.32 Å². The van der Waals surface area contributed by atoms with Crippen LogP contribution >= 0.6 is 12.4 Å². The van der Waals surface area contributed by atoms with Gasteiger partial charge in [0.15, 0.2) is 0 Å². The Morgan fingerprint density at radius 3 is 2.57 bits per heavy atom. The molecule has 1 saturated heterocycles. The van der Waals surface area contributed by atoms with E-state index in [1.165, 1.54) is 36.1 Å². The van der Waals surface area contributed by atoms with Crippen LogP contribution in [0.25, 0.3) is 0 Å². The fourth-order valence-electron chi connectivity index (χ4n) is 1.86. The summed E-state index contributed by atoms with van der Waals surface area (Å²) in [7, 11) is 0. The van der Waals surface area contributed by atoms with Gasteiger partial charge >= 0.3 is 0 Å². The third-order valence-electron chi connectivity index (χ3n) is 2.89. The van der Waals surface area contributed by atoms with Crippen LogP contribution in [0, 0.1) is 13.8 Å². The molecule has 0 spiro atoms. The lowest BCUT2D eigenvalue weighted by Gasteiger charge is -2.28. The quantitative estimate of drug-likeness (QED) is 0.793. The van der Waals surface area contributed by atoms with E-state index in [0.717, 1.165) is 6.04 Å². The first-order chi connectivity index (χ1) is 6.25. The van der Waals surface area contributed by atoms with Crippen molar-refractivity contribution >= 4 is 12.4 Å². The van der Waals surface area contributed by atoms with Crippen molar-refractivity contribution in [2.75, 3.05) is 6.54 Å². The third-order valence-corrected chi connectivity index (χ3v) is 2.89. The standard InChI is InChI=1S/C12H17N.ClH/c1-9-3-4-11(10(2)7-9)8-12-5-6-13-12;/h3-4,7,12-13H,5-6,8H2,1-2H3;1H. The summed E-state index contributed by atoms with van der Waals surface area (Å²) < 4.78 is 0. The van der Waals surface area contributed by atoms with Crippen molar-refractivity contribution in [2.45, 2.75) is 32.7 Å². The summed E-state index contributed by atoms with van der Waals surface area (Å²) in [6.45, 7) is 5.56. The molecule has 1 unspecified atom stereocenters. The molecular formula is C12H18ClN. The molecule has 1 nitrogen and oxygen atoms in total. The van der Waals surface area contributed by atoms with Gasteiger partial charge in [0, 0.05) is 6.04 Å². The minimum absolute atomic E-state index is 0. The van der Waals surface area contributed by atoms with Gasteiger partial charge in [0.05, 0.1) is 0 Å². The largest absolute Gasteiger partial charge is 0.314 e. The molecule has 0 amide bonds. The van der Waals surface area contributed by atoms with Crippen LogP contribution in [0.15, 0.2) is 18.2 Å². The maximum atomic E-state index is 3.44. The Hall–Kier alpha value is -0.530. The Morgan fingerprint density at radius 1 is 1.36 bits per heavy atom. The molecule has 1 aliphatic heterocycles. The first-order valence-electron chi connectivity index (χ1n) is 5.05. The minimum Gasteiger partial charge on any atom is -0.314 e. The van der Waals surface area contributed by atoms with Crippen LogP contribution < -0.4 is 5.32 Å². The topological polar surface area (TPSA) is 12.0 Å². The molecule has 78 valence electrons. The Bertz CT molecular complexity index is 305. The molecule has 0 aromatic heterocycles. The minimum atomic E-state index is 0. The highest BCUT2D eigenvalue weighted by molar-refractivity contribution is 5.85. The maximum Gasteiger partial charge on any atom is 0.0120 e. The number of aryl methyl sites for hydroxylation is 2. The van der Waals surface area contributed by atoms with Crippen LogP contribution in [0.5, 0.6) is 0 Å². The van der Waals surface area contributed by atoms with Gasteiger partial charge in [0.25, 0.3) is 0 Å². The van der Waals surface area contributed by atoms with E-state index >= 15 is 0 Å². The molecule has 14 heavy (non-hydrogen) atoms. The Balaban J connectivity index is 0.000000980. The second-order valence-corrected chi connectivity index (χ2v) is 4.07. The van der Waals surface area contributed by atoms with E-state index in [1.807, 2.05) is 0 Å². The Labute approximate surface area is 92.3 Å². The molecule has 1 heterocycles. The van der Waals surface area contributed by atoms with Gasteiger partial charge in [-0.25, -0.2) is 0 Å². The van der Waals surface area contributed by atoms with Crippen molar-refractivity contribution in [3.8, 4) is 0 Å². The summed E-state index contributed by atoms with van der Waals surface area (Å²) >= 11 is 0. The first kappa shape index (κ1) is 11.5. The molecule has 1 atom stereocenters. The van der Waals surface area contributed by atoms with Crippen LogP contribution in [0.4, 0.5) is 0 Å². The normalized spacial score (nSPS) is 19.7. The molecule has 1 aromatic carbocycles. The predicted octanol–water partition coefficient (Wildman–Crippen LogP) is 2.63. The van der Waals surface area contributed by atoms with Gasteiger partial charge in [-0.05, 0) is 44.4 Å². The Kier molecular flexibility index (Phi) is 3.97. The van der Waals surface area contributed by atoms with Gasteiger partial charge in [0.2, 0.25) is 0 Å². The van der Waals surface area contributed by atoms with E-state index in [1.54, 1.807) is 0 Å². The average molecular weight is 212 g/mol. The average Bonchev–Trinajstić information content (AvgIpc) is 1.99. The number of hydrogen-bond donors (Lipinski definition) is 1. The lowest BCUT2D eigenvalue weighted by molar-refractivity contribution is 0.369. The van der Waals surface area contributed by atoms with Crippen molar-refractivity contribution in [1.29, 1.82) is 0 Å². The van der Waals surface area contributed by atoms with Crippen molar-refractivity contribution in [3.05, 3.63) is 34.9 Å². The highest BCUT2D eigenvalue weighted by atomic mass is 35.5. The molecule has 1 fully saturated rings. The number of nitrogens with one attached hydrogen (secondary N) is 1. The van der Waals surface area contributed by atoms with Crippen LogP contribution in [-0.2, 0) is 6.42 Å². The molecule has 0 bridgehead atoms. The molecule has 1 N–H and O–H groups in total. The van der Waals surface area contributed by atoms with Crippen molar-refractivity contribution in [2.24, 2.45) is 0 Å². The van der Waals surface area contributed by atoms with E-state index in [2.05, 4.69) is 37.4 Å². The molecule has 1 aliphatic rings. The van der Waals surface area contributed by atoms with Crippen LogP contribution in [0.1, 0.15) is 23.1 Å². The number of hydrogen-bond acceptors (Lipinski definition) is 1. The van der Waals surface area contributed by atoms with E-state index in [4.69, 9.17) is 0 Å². The zero-order valence-electron chi connectivity index (χ0n) is 8.84. The number of halogens is 1. The summed E-state index contributed by atoms with van der Waals surface area (Å²) in [6, 6.07) is 7.49. The lowest BCUT2D eigenvalue weighted by atomic mass is 9.94. The molecule has 0 aliphatic carbocycles. The summed E-state index contributed by atoms with van der Waals surface area (Å²) in [6.07, 6.45) is 2.54. The van der Waals surface area contributed by atoms with Crippen LogP contribution in [0.2, 0.25) is 0 Å². The van der Waals surface area contributed by atoms with E-state index in [-0.39, 0.29) is 12.4 Å². The third kappa shape index (κ3) is 2.49. The Morgan fingerprint density at radius 2 is 2.07 bits per heavy atom. The van der Waals surface area contributed by atoms with Crippen molar-refractivity contribution in [1.82, 2.24) is 5.32 Å². The monoisotopic (exact) mass is 211 g/mol. The number of benzene rings is 1. The van der Waals surface area contributed by atoms with Gasteiger partial charge in [0.1, 0.15) is 0 Å². The number of rotatable bonds is 2. The highest BCUT2D eigenvalue weighted by Gasteiger charge is 2.16. The molecule has 0 radical (unpaired) electrons. The van der Waals surface area contributed by atoms with E-state index in [9.17, 15) is 0 Å². The summed E-state index contributed by atoms with van der Waals surface area (Å²) in [5, 5.41) is 3.44. The maximum absolute atomic E-state index is 3.44. The smallest absolute Gasteiger partial charge is 0.0120 e. The molecular weight excluding hydrogens is 194 g/mol. The van der Waals surface area contributed by atoms with E-state index < -0.39 is 0 Å². The summed E-state index contributed by atoms with van der Waals surface area (Å²) in [5.41, 5.74) is 4.30.